The summed E-state index contributed by atoms with van der Waals surface area (Å²) in [5.74, 6) is 4.81. The van der Waals surface area contributed by atoms with E-state index in [1.807, 2.05) is 0 Å². The maximum absolute atomic E-state index is 4.81. The standard InChI is InChI=1S/C3H6BrN3/c1-6-2-3(4)7-5/h2H,5H2,1H3/b6-2?,7-3+. The molecule has 0 saturated heterocycles. The Labute approximate surface area is 50.4 Å². The highest BCUT2D eigenvalue weighted by atomic mass is 79.9. The maximum Gasteiger partial charge on any atom is 0.143 e. The SMILES string of the molecule is CN=C/C(Br)=N\N. The van der Waals surface area contributed by atoms with Crippen molar-refractivity contribution in [1.82, 2.24) is 0 Å². The van der Waals surface area contributed by atoms with Gasteiger partial charge in [-0.25, -0.2) is 0 Å². The van der Waals surface area contributed by atoms with Gasteiger partial charge in [0.2, 0.25) is 0 Å². The Morgan fingerprint density at radius 2 is 2.43 bits per heavy atom. The zero-order valence-electron chi connectivity index (χ0n) is 3.93. The van der Waals surface area contributed by atoms with Gasteiger partial charge in [0.15, 0.2) is 0 Å². The average Bonchev–Trinajstić information content (AvgIpc) is 1.68. The number of hydrogen-bond acceptors (Lipinski definition) is 3. The van der Waals surface area contributed by atoms with E-state index < -0.39 is 0 Å². The molecule has 0 radical (unpaired) electrons. The second kappa shape index (κ2) is 3.80. The number of nitrogens with two attached hydrogens (primary N) is 1. The molecular formula is C3H6BrN3. The highest BCUT2D eigenvalue weighted by Crippen LogP contribution is 1.80. The molecule has 0 heterocycles. The number of nitrogens with zero attached hydrogens (tertiary/aromatic N) is 2. The molecule has 0 saturated carbocycles. The van der Waals surface area contributed by atoms with Crippen molar-refractivity contribution in [3.63, 3.8) is 0 Å². The van der Waals surface area contributed by atoms with Crippen LogP contribution in [0.2, 0.25) is 0 Å². The van der Waals surface area contributed by atoms with Crippen LogP contribution in [0.15, 0.2) is 10.1 Å². The molecule has 40 valence electrons. The molecule has 0 aromatic rings. The van der Waals surface area contributed by atoms with Gasteiger partial charge in [0.25, 0.3) is 0 Å². The fraction of sp³-hybridized carbons (Fsp3) is 0.333. The molecule has 0 aliphatic rings. The maximum atomic E-state index is 4.81. The van der Waals surface area contributed by atoms with Gasteiger partial charge in [-0.05, 0) is 15.9 Å². The minimum Gasteiger partial charge on any atom is -0.322 e. The van der Waals surface area contributed by atoms with Gasteiger partial charge in [0, 0.05) is 7.05 Å². The van der Waals surface area contributed by atoms with E-state index in [-0.39, 0.29) is 0 Å². The lowest BCUT2D eigenvalue weighted by Crippen LogP contribution is -1.91. The summed E-state index contributed by atoms with van der Waals surface area (Å²) in [5.41, 5.74) is 0. The van der Waals surface area contributed by atoms with Crippen molar-refractivity contribution in [2.24, 2.45) is 15.9 Å². The van der Waals surface area contributed by atoms with E-state index in [9.17, 15) is 0 Å². The lowest BCUT2D eigenvalue weighted by Gasteiger charge is -1.77. The van der Waals surface area contributed by atoms with E-state index in [4.69, 9.17) is 5.84 Å². The van der Waals surface area contributed by atoms with Gasteiger partial charge in [0.05, 0.1) is 6.21 Å². The monoisotopic (exact) mass is 163 g/mol. The van der Waals surface area contributed by atoms with Crippen LogP contribution in [-0.4, -0.2) is 17.9 Å². The van der Waals surface area contributed by atoms with E-state index in [2.05, 4.69) is 26.0 Å². The van der Waals surface area contributed by atoms with Crippen molar-refractivity contribution < 1.29 is 0 Å². The highest BCUT2D eigenvalue weighted by Gasteiger charge is 1.77. The van der Waals surface area contributed by atoms with Gasteiger partial charge in [0.1, 0.15) is 4.62 Å². The van der Waals surface area contributed by atoms with Crippen molar-refractivity contribution >= 4 is 26.8 Å². The molecule has 3 nitrogen and oxygen atoms in total. The van der Waals surface area contributed by atoms with Crippen molar-refractivity contribution in [2.75, 3.05) is 7.05 Å². The Kier molecular flexibility index (Phi) is 3.59. The molecule has 0 aliphatic carbocycles. The van der Waals surface area contributed by atoms with Crippen LogP contribution in [0.3, 0.4) is 0 Å². The van der Waals surface area contributed by atoms with Crippen LogP contribution in [0.1, 0.15) is 0 Å². The fourth-order valence-corrected chi connectivity index (χ4v) is 0.345. The Morgan fingerprint density at radius 1 is 1.86 bits per heavy atom. The molecule has 0 fully saturated rings. The van der Waals surface area contributed by atoms with Crippen LogP contribution in [0, 0.1) is 0 Å². The number of hydrogen-bond donors (Lipinski definition) is 1. The van der Waals surface area contributed by atoms with Crippen molar-refractivity contribution in [3.05, 3.63) is 0 Å². The van der Waals surface area contributed by atoms with Crippen LogP contribution in [0.25, 0.3) is 0 Å². The van der Waals surface area contributed by atoms with Gasteiger partial charge < -0.3 is 5.84 Å². The Balaban J connectivity index is 3.58. The molecule has 0 aliphatic heterocycles. The smallest absolute Gasteiger partial charge is 0.143 e. The van der Waals surface area contributed by atoms with E-state index in [1.54, 1.807) is 7.05 Å². The van der Waals surface area contributed by atoms with Crippen molar-refractivity contribution in [1.29, 1.82) is 0 Å². The minimum absolute atomic E-state index is 0.551. The molecular weight excluding hydrogens is 158 g/mol. The first-order chi connectivity index (χ1) is 3.31. The van der Waals surface area contributed by atoms with Gasteiger partial charge >= 0.3 is 0 Å². The normalized spacial score (nSPS) is 13.1. The summed E-state index contributed by atoms with van der Waals surface area (Å²) in [7, 11) is 1.65. The molecule has 4 heteroatoms. The van der Waals surface area contributed by atoms with E-state index in [0.29, 0.717) is 4.62 Å². The lowest BCUT2D eigenvalue weighted by atomic mass is 10.8. The predicted octanol–water partition coefficient (Wildman–Crippen LogP) is 0.354. The first-order valence-electron chi connectivity index (χ1n) is 1.66. The lowest BCUT2D eigenvalue weighted by molar-refractivity contribution is 1.27. The molecule has 0 aromatic carbocycles. The third-order valence-electron chi connectivity index (χ3n) is 0.359. The van der Waals surface area contributed by atoms with Gasteiger partial charge in [-0.3, -0.25) is 4.99 Å². The summed E-state index contributed by atoms with van der Waals surface area (Å²) in [6.07, 6.45) is 1.51. The molecule has 0 unspecified atom stereocenters. The Bertz CT molecular complexity index is 96.4. The zero-order chi connectivity index (χ0) is 5.70. The van der Waals surface area contributed by atoms with Gasteiger partial charge in [-0.2, -0.15) is 5.10 Å². The molecule has 2 N–H and O–H groups in total. The molecule has 0 bridgehead atoms. The van der Waals surface area contributed by atoms with Crippen molar-refractivity contribution in [3.8, 4) is 0 Å². The summed E-state index contributed by atoms with van der Waals surface area (Å²) in [5, 5.41) is 3.26. The van der Waals surface area contributed by atoms with E-state index in [0.717, 1.165) is 0 Å². The zero-order valence-corrected chi connectivity index (χ0v) is 5.51. The van der Waals surface area contributed by atoms with E-state index >= 15 is 0 Å². The summed E-state index contributed by atoms with van der Waals surface area (Å²) in [4.78, 5) is 3.62. The Morgan fingerprint density at radius 3 is 2.57 bits per heavy atom. The van der Waals surface area contributed by atoms with Crippen molar-refractivity contribution in [2.45, 2.75) is 0 Å². The van der Waals surface area contributed by atoms with Crippen LogP contribution in [0.4, 0.5) is 0 Å². The molecule has 7 heavy (non-hydrogen) atoms. The average molecular weight is 164 g/mol. The van der Waals surface area contributed by atoms with Crippen LogP contribution >= 0.6 is 15.9 Å². The third kappa shape index (κ3) is 3.45. The van der Waals surface area contributed by atoms with Gasteiger partial charge in [-0.1, -0.05) is 0 Å². The molecule has 0 atom stereocenters. The second-order valence-corrected chi connectivity index (χ2v) is 1.65. The van der Waals surface area contributed by atoms with E-state index in [1.165, 1.54) is 6.21 Å². The number of halogens is 1. The third-order valence-corrected chi connectivity index (χ3v) is 0.768. The minimum atomic E-state index is 0.551. The fourth-order valence-electron chi connectivity index (χ4n) is 0.140. The quantitative estimate of drug-likeness (QED) is 0.339. The summed E-state index contributed by atoms with van der Waals surface area (Å²) >= 11 is 3.01. The van der Waals surface area contributed by atoms with Gasteiger partial charge in [-0.15, -0.1) is 0 Å². The highest BCUT2D eigenvalue weighted by molar-refractivity contribution is 9.19. The second-order valence-electron chi connectivity index (χ2n) is 0.839. The topological polar surface area (TPSA) is 50.7 Å². The summed E-state index contributed by atoms with van der Waals surface area (Å²) < 4.78 is 0.551. The summed E-state index contributed by atoms with van der Waals surface area (Å²) in [6.45, 7) is 0. The Hall–Kier alpha value is -0.380. The molecule has 0 spiro atoms. The van der Waals surface area contributed by atoms with Crippen LogP contribution < -0.4 is 5.84 Å². The number of aliphatic imine (C=N–C) groups is 1. The number of rotatable bonds is 1. The first-order valence-corrected chi connectivity index (χ1v) is 2.46. The summed E-state index contributed by atoms with van der Waals surface area (Å²) in [6, 6.07) is 0. The van der Waals surface area contributed by atoms with Crippen LogP contribution in [-0.2, 0) is 0 Å². The first kappa shape index (κ1) is 6.62. The number of hydrazone groups is 1. The largest absolute Gasteiger partial charge is 0.322 e. The molecule has 0 aromatic heterocycles. The molecule has 0 rings (SSSR count). The predicted molar refractivity (Wildman–Crippen MR) is 35.0 cm³/mol. The van der Waals surface area contributed by atoms with Crippen LogP contribution in [0.5, 0.6) is 0 Å². The molecule has 0 amide bonds.